The molecule has 1 amide bonds. The molecule has 0 saturated heterocycles. The molecule has 188 valence electrons. The van der Waals surface area contributed by atoms with E-state index in [1.807, 2.05) is 34.0 Å². The Morgan fingerprint density at radius 2 is 1.78 bits per heavy atom. The fraction of sp³-hybridized carbons (Fsp3) is 0.120. The number of halogens is 2. The van der Waals surface area contributed by atoms with Crippen LogP contribution in [0.1, 0.15) is 17.3 Å². The van der Waals surface area contributed by atoms with Gasteiger partial charge in [-0.1, -0.05) is 47.6 Å². The van der Waals surface area contributed by atoms with E-state index >= 15 is 0 Å². The number of nitrogens with zero attached hydrogens (tertiary/aromatic N) is 3. The lowest BCUT2D eigenvalue weighted by atomic mass is 10.0. The summed E-state index contributed by atoms with van der Waals surface area (Å²) in [5, 5.41) is 16.6. The molecule has 0 radical (unpaired) electrons. The predicted octanol–water partition coefficient (Wildman–Crippen LogP) is 6.89. The predicted molar refractivity (Wildman–Crippen MR) is 146 cm³/mol. The van der Waals surface area contributed by atoms with Crippen molar-refractivity contribution in [3.05, 3.63) is 75.7 Å². The van der Waals surface area contributed by atoms with E-state index in [9.17, 15) is 14.0 Å². The number of rotatable bonds is 8. The largest absolute Gasteiger partial charge is 0.462 e. The first-order chi connectivity index (χ1) is 17.9. The number of carbonyl (C=O) groups excluding carboxylic acids is 2. The second-order valence-electron chi connectivity index (χ2n) is 7.65. The van der Waals surface area contributed by atoms with Crippen LogP contribution in [0.4, 0.5) is 9.39 Å². The summed E-state index contributed by atoms with van der Waals surface area (Å²) in [6.07, 6.45) is 0. The molecule has 7 nitrogen and oxygen atoms in total. The van der Waals surface area contributed by atoms with Gasteiger partial charge >= 0.3 is 5.97 Å². The molecule has 0 bridgehead atoms. The van der Waals surface area contributed by atoms with E-state index in [4.69, 9.17) is 16.3 Å². The summed E-state index contributed by atoms with van der Waals surface area (Å²) in [5.74, 6) is -1.21. The molecule has 0 spiro atoms. The molecule has 12 heteroatoms. The van der Waals surface area contributed by atoms with Gasteiger partial charge in [0, 0.05) is 21.3 Å². The minimum absolute atomic E-state index is 0.0444. The maximum Gasteiger partial charge on any atom is 0.341 e. The Morgan fingerprint density at radius 1 is 1.05 bits per heavy atom. The number of nitrogens with one attached hydrogen (secondary N) is 1. The standard InChI is InChI=1S/C25H18ClFN4O3S3/c1-2-34-23(33)21-18(14-5-9-17(27)10-6-14)11-35-22(21)28-20(32)13-37-25-30-29-24-31(25)19(12-36-24)15-3-7-16(26)8-4-15/h3-12H,2,13H2,1H3,(H,28,32). The number of ether oxygens (including phenoxy) is 1. The second-order valence-corrected chi connectivity index (χ2v) is 10.7. The van der Waals surface area contributed by atoms with Gasteiger partial charge in [0.2, 0.25) is 10.9 Å². The van der Waals surface area contributed by atoms with Crippen LogP contribution in [0, 0.1) is 5.82 Å². The van der Waals surface area contributed by atoms with E-state index in [-0.39, 0.29) is 29.6 Å². The minimum Gasteiger partial charge on any atom is -0.462 e. The molecule has 3 aromatic heterocycles. The van der Waals surface area contributed by atoms with Crippen molar-refractivity contribution in [3.8, 4) is 22.4 Å². The van der Waals surface area contributed by atoms with Crippen LogP contribution in [-0.2, 0) is 9.53 Å². The third kappa shape index (κ3) is 5.40. The van der Waals surface area contributed by atoms with Crippen LogP contribution in [0.25, 0.3) is 27.3 Å². The molecule has 0 aliphatic carbocycles. The zero-order valence-corrected chi connectivity index (χ0v) is 22.4. The Labute approximate surface area is 228 Å². The number of benzene rings is 2. The number of amides is 1. The van der Waals surface area contributed by atoms with E-state index < -0.39 is 5.97 Å². The van der Waals surface area contributed by atoms with Crippen LogP contribution in [0.3, 0.4) is 0 Å². The van der Waals surface area contributed by atoms with Crippen LogP contribution < -0.4 is 5.32 Å². The number of thioether (sulfide) groups is 1. The van der Waals surface area contributed by atoms with Crippen LogP contribution in [0.2, 0.25) is 5.02 Å². The Hall–Kier alpha value is -3.25. The molecule has 1 N–H and O–H groups in total. The summed E-state index contributed by atoms with van der Waals surface area (Å²) < 4.78 is 20.5. The zero-order valence-electron chi connectivity index (χ0n) is 19.2. The van der Waals surface area contributed by atoms with Gasteiger partial charge in [0.05, 0.1) is 18.1 Å². The van der Waals surface area contributed by atoms with Crippen molar-refractivity contribution in [2.75, 3.05) is 17.7 Å². The van der Waals surface area contributed by atoms with E-state index in [1.54, 1.807) is 24.4 Å². The number of anilines is 1. The van der Waals surface area contributed by atoms with Crippen molar-refractivity contribution in [2.45, 2.75) is 12.1 Å². The van der Waals surface area contributed by atoms with Crippen molar-refractivity contribution in [1.29, 1.82) is 0 Å². The van der Waals surface area contributed by atoms with Crippen molar-refractivity contribution >= 4 is 67.9 Å². The SMILES string of the molecule is CCOC(=O)c1c(-c2ccc(F)cc2)csc1NC(=O)CSc1nnc2scc(-c3ccc(Cl)cc3)n12. The lowest BCUT2D eigenvalue weighted by Gasteiger charge is -2.09. The summed E-state index contributed by atoms with van der Waals surface area (Å²) in [7, 11) is 0. The zero-order chi connectivity index (χ0) is 25.9. The topological polar surface area (TPSA) is 85.6 Å². The average molecular weight is 573 g/mol. The smallest absolute Gasteiger partial charge is 0.341 e. The number of carbonyl (C=O) groups is 2. The van der Waals surface area contributed by atoms with Gasteiger partial charge in [-0.15, -0.1) is 32.9 Å². The molecule has 0 atom stereocenters. The van der Waals surface area contributed by atoms with Gasteiger partial charge in [-0.05, 0) is 42.3 Å². The highest BCUT2D eigenvalue weighted by molar-refractivity contribution is 7.99. The van der Waals surface area contributed by atoms with Crippen LogP contribution in [-0.4, -0.2) is 38.8 Å². The monoisotopic (exact) mass is 572 g/mol. The molecule has 0 unspecified atom stereocenters. The third-order valence-corrected chi connectivity index (χ3v) is 8.16. The number of hydrogen-bond donors (Lipinski definition) is 1. The molecule has 0 fully saturated rings. The quantitative estimate of drug-likeness (QED) is 0.161. The third-order valence-electron chi connectivity index (χ3n) is 5.27. The van der Waals surface area contributed by atoms with Crippen molar-refractivity contribution in [3.63, 3.8) is 0 Å². The molecule has 2 aromatic carbocycles. The summed E-state index contributed by atoms with van der Waals surface area (Å²) in [4.78, 5) is 26.4. The fourth-order valence-electron chi connectivity index (χ4n) is 3.60. The number of hydrogen-bond acceptors (Lipinski definition) is 8. The van der Waals surface area contributed by atoms with Crippen LogP contribution in [0.5, 0.6) is 0 Å². The van der Waals surface area contributed by atoms with Gasteiger partial charge in [-0.3, -0.25) is 9.20 Å². The summed E-state index contributed by atoms with van der Waals surface area (Å²) >= 11 is 9.92. The van der Waals surface area contributed by atoms with Crippen LogP contribution >= 0.6 is 46.0 Å². The average Bonchev–Trinajstić information content (AvgIpc) is 3.60. The number of aromatic nitrogens is 3. The molecule has 3 heterocycles. The number of thiazole rings is 1. The molecule has 5 aromatic rings. The Balaban J connectivity index is 1.35. The second kappa shape index (κ2) is 11.0. The Bertz CT molecular complexity index is 1580. The van der Waals surface area contributed by atoms with Gasteiger partial charge in [-0.2, -0.15) is 0 Å². The Kier molecular flexibility index (Phi) is 7.56. The number of fused-ring (bicyclic) bond motifs is 1. The van der Waals surface area contributed by atoms with E-state index in [0.29, 0.717) is 31.3 Å². The van der Waals surface area contributed by atoms with Gasteiger partial charge in [0.25, 0.3) is 0 Å². The first-order valence-electron chi connectivity index (χ1n) is 11.0. The maximum atomic E-state index is 13.4. The van der Waals surface area contributed by atoms with Gasteiger partial charge in [0.15, 0.2) is 5.16 Å². The number of thiophene rings is 1. The normalized spacial score (nSPS) is 11.1. The fourth-order valence-corrected chi connectivity index (χ4v) is 6.34. The molecular formula is C25H18ClFN4O3S3. The van der Waals surface area contributed by atoms with E-state index in [0.717, 1.165) is 11.3 Å². The van der Waals surface area contributed by atoms with Crippen molar-refractivity contribution in [2.24, 2.45) is 0 Å². The van der Waals surface area contributed by atoms with Gasteiger partial charge < -0.3 is 10.1 Å². The molecule has 37 heavy (non-hydrogen) atoms. The molecule has 0 aliphatic rings. The first kappa shape index (κ1) is 25.4. The lowest BCUT2D eigenvalue weighted by Crippen LogP contribution is -2.16. The highest BCUT2D eigenvalue weighted by Crippen LogP contribution is 2.37. The summed E-state index contributed by atoms with van der Waals surface area (Å²) in [6, 6.07) is 13.3. The number of esters is 1. The molecular weight excluding hydrogens is 555 g/mol. The molecule has 0 aliphatic heterocycles. The first-order valence-corrected chi connectivity index (χ1v) is 14.1. The lowest BCUT2D eigenvalue weighted by molar-refractivity contribution is -0.113. The van der Waals surface area contributed by atoms with Crippen molar-refractivity contribution in [1.82, 2.24) is 14.6 Å². The van der Waals surface area contributed by atoms with Crippen LogP contribution in [0.15, 0.2) is 64.4 Å². The maximum absolute atomic E-state index is 13.4. The van der Waals surface area contributed by atoms with Gasteiger partial charge in [-0.25, -0.2) is 9.18 Å². The highest BCUT2D eigenvalue weighted by Gasteiger charge is 2.23. The Morgan fingerprint density at radius 3 is 2.51 bits per heavy atom. The highest BCUT2D eigenvalue weighted by atomic mass is 35.5. The molecule has 0 saturated carbocycles. The summed E-state index contributed by atoms with van der Waals surface area (Å²) in [5.41, 5.74) is 3.30. The minimum atomic E-state index is -0.559. The molecule has 5 rings (SSSR count). The van der Waals surface area contributed by atoms with Crippen molar-refractivity contribution < 1.29 is 18.7 Å². The van der Waals surface area contributed by atoms with E-state index in [1.165, 1.54) is 46.6 Å². The van der Waals surface area contributed by atoms with Gasteiger partial charge in [0.1, 0.15) is 16.4 Å². The van der Waals surface area contributed by atoms with E-state index in [2.05, 4.69) is 15.5 Å². The summed E-state index contributed by atoms with van der Waals surface area (Å²) in [6.45, 7) is 1.89.